The third kappa shape index (κ3) is 5.91. The van der Waals surface area contributed by atoms with E-state index >= 15 is 0 Å². The molecule has 0 bridgehead atoms. The minimum Gasteiger partial charge on any atom is -0.491 e. The van der Waals surface area contributed by atoms with Crippen LogP contribution >= 0.6 is 0 Å². The fourth-order valence-corrected chi connectivity index (χ4v) is 3.97. The smallest absolute Gasteiger partial charge is 0.303 e. The number of rotatable bonds is 10. The highest BCUT2D eigenvalue weighted by atomic mass is 19.1. The number of aliphatic hydroxyl groups is 1. The molecule has 0 saturated heterocycles. The zero-order valence-corrected chi connectivity index (χ0v) is 15.8. The van der Waals surface area contributed by atoms with Gasteiger partial charge in [-0.3, -0.25) is 4.79 Å². The van der Waals surface area contributed by atoms with Gasteiger partial charge in [-0.15, -0.1) is 0 Å². The highest BCUT2D eigenvalue weighted by Crippen LogP contribution is 2.45. The molecule has 1 unspecified atom stereocenters. The van der Waals surface area contributed by atoms with Crippen LogP contribution in [0.5, 0.6) is 5.75 Å². The summed E-state index contributed by atoms with van der Waals surface area (Å²) in [4.78, 5) is 10.6. The van der Waals surface area contributed by atoms with Gasteiger partial charge in [0.05, 0.1) is 6.10 Å². The Balaban J connectivity index is 1.41. The van der Waals surface area contributed by atoms with Crippen LogP contribution in [0.2, 0.25) is 0 Å². The van der Waals surface area contributed by atoms with Crippen LogP contribution in [0.3, 0.4) is 0 Å². The van der Waals surface area contributed by atoms with Crippen molar-refractivity contribution < 1.29 is 28.9 Å². The largest absolute Gasteiger partial charge is 0.491 e. The second-order valence-electron chi connectivity index (χ2n) is 7.46. The molecular weight excluding hydrogens is 363 g/mol. The summed E-state index contributed by atoms with van der Waals surface area (Å²) in [5.74, 6) is 0.413. The van der Waals surface area contributed by atoms with Crippen LogP contribution in [0.4, 0.5) is 4.39 Å². The minimum atomic E-state index is -0.788. The number of carboxylic acids is 1. The Morgan fingerprint density at radius 3 is 2.82 bits per heavy atom. The Hall–Kier alpha value is -2.18. The van der Waals surface area contributed by atoms with Crippen molar-refractivity contribution in [3.05, 3.63) is 53.9 Å². The standard InChI is InChI=1S/C22H27FO5/c23-17-6-9-19(10-7-17)28-14-18(24)8-5-15-3-4-16-12-20(13-21(15)16)27-11-1-2-22(25)26/h3,5-10,16,18,20-21,24H,1-2,4,11-14H2,(H,25,26)/t16-,18?,20+,21+/m1/s1. The molecule has 4 atom stereocenters. The third-order valence-corrected chi connectivity index (χ3v) is 5.37. The molecule has 0 radical (unpaired) electrons. The third-order valence-electron chi connectivity index (χ3n) is 5.37. The lowest BCUT2D eigenvalue weighted by Gasteiger charge is -2.13. The lowest BCUT2D eigenvalue weighted by Crippen LogP contribution is -2.15. The monoisotopic (exact) mass is 390 g/mol. The van der Waals surface area contributed by atoms with Gasteiger partial charge in [-0.1, -0.05) is 18.2 Å². The van der Waals surface area contributed by atoms with Crippen LogP contribution in [-0.2, 0) is 9.53 Å². The molecule has 0 spiro atoms. The van der Waals surface area contributed by atoms with Gasteiger partial charge in [0.2, 0.25) is 0 Å². The number of halogens is 1. The molecule has 3 rings (SSSR count). The number of ether oxygens (including phenoxy) is 2. The fraction of sp³-hybridized carbons (Fsp3) is 0.500. The first-order valence-corrected chi connectivity index (χ1v) is 9.79. The molecule has 0 heterocycles. The van der Waals surface area contributed by atoms with E-state index in [0.717, 1.165) is 19.3 Å². The van der Waals surface area contributed by atoms with Crippen molar-refractivity contribution in [2.24, 2.45) is 11.8 Å². The molecule has 5 nitrogen and oxygen atoms in total. The predicted molar refractivity (Wildman–Crippen MR) is 103 cm³/mol. The summed E-state index contributed by atoms with van der Waals surface area (Å²) in [6.45, 7) is 0.601. The van der Waals surface area contributed by atoms with Crippen molar-refractivity contribution in [3.8, 4) is 5.75 Å². The molecular formula is C22H27FO5. The molecule has 1 saturated carbocycles. The summed E-state index contributed by atoms with van der Waals surface area (Å²) in [5.41, 5.74) is 1.22. The van der Waals surface area contributed by atoms with Crippen molar-refractivity contribution in [2.75, 3.05) is 13.2 Å². The normalized spacial score (nSPS) is 24.9. The summed E-state index contributed by atoms with van der Waals surface area (Å²) in [5, 5.41) is 18.8. The van der Waals surface area contributed by atoms with E-state index in [-0.39, 0.29) is 24.9 Å². The van der Waals surface area contributed by atoms with Crippen LogP contribution < -0.4 is 4.74 Å². The number of hydrogen-bond acceptors (Lipinski definition) is 4. The van der Waals surface area contributed by atoms with E-state index in [2.05, 4.69) is 6.08 Å². The molecule has 0 aliphatic heterocycles. The van der Waals surface area contributed by atoms with Crippen LogP contribution in [0, 0.1) is 17.7 Å². The first kappa shape index (κ1) is 20.6. The molecule has 1 aromatic carbocycles. The van der Waals surface area contributed by atoms with Gasteiger partial charge in [-0.2, -0.15) is 0 Å². The van der Waals surface area contributed by atoms with E-state index in [1.807, 2.05) is 6.08 Å². The average Bonchev–Trinajstić information content (AvgIpc) is 3.23. The van der Waals surface area contributed by atoms with Gasteiger partial charge in [0.15, 0.2) is 0 Å². The Bertz CT molecular complexity index is 712. The molecule has 0 aromatic heterocycles. The second kappa shape index (κ2) is 9.85. The van der Waals surface area contributed by atoms with Crippen LogP contribution in [0.1, 0.15) is 32.1 Å². The highest BCUT2D eigenvalue weighted by molar-refractivity contribution is 5.66. The van der Waals surface area contributed by atoms with Crippen molar-refractivity contribution in [3.63, 3.8) is 0 Å². The van der Waals surface area contributed by atoms with Gasteiger partial charge in [0.25, 0.3) is 0 Å². The Morgan fingerprint density at radius 1 is 1.29 bits per heavy atom. The van der Waals surface area contributed by atoms with Crippen LogP contribution in [-0.4, -0.2) is 41.6 Å². The Morgan fingerprint density at radius 2 is 2.07 bits per heavy atom. The SMILES string of the molecule is O=C(O)CCCO[C@H]1C[C@H]2CC=C(C=CC(O)COc3ccc(F)cc3)[C@@H]2C1. The van der Waals surface area contributed by atoms with Gasteiger partial charge >= 0.3 is 5.97 Å². The molecule has 1 aromatic rings. The van der Waals surface area contributed by atoms with Crippen LogP contribution in [0.25, 0.3) is 0 Å². The zero-order valence-electron chi connectivity index (χ0n) is 15.8. The number of aliphatic carboxylic acids is 1. The van der Waals surface area contributed by atoms with Gasteiger partial charge in [0, 0.05) is 13.0 Å². The highest BCUT2D eigenvalue weighted by Gasteiger charge is 2.38. The van der Waals surface area contributed by atoms with Gasteiger partial charge in [0.1, 0.15) is 24.3 Å². The Labute approximate surface area is 164 Å². The Kier molecular flexibility index (Phi) is 7.23. The maximum atomic E-state index is 12.9. The average molecular weight is 390 g/mol. The first-order valence-electron chi connectivity index (χ1n) is 9.79. The summed E-state index contributed by atoms with van der Waals surface area (Å²) < 4.78 is 24.2. The number of hydrogen-bond donors (Lipinski definition) is 2. The molecule has 2 aliphatic rings. The van der Waals surface area contributed by atoms with Crippen molar-refractivity contribution >= 4 is 5.97 Å². The summed E-state index contributed by atoms with van der Waals surface area (Å²) >= 11 is 0. The zero-order chi connectivity index (χ0) is 19.9. The van der Waals surface area contributed by atoms with Crippen molar-refractivity contribution in [2.45, 2.75) is 44.3 Å². The molecule has 152 valence electrons. The molecule has 28 heavy (non-hydrogen) atoms. The van der Waals surface area contributed by atoms with E-state index in [0.29, 0.717) is 30.6 Å². The minimum absolute atomic E-state index is 0.110. The summed E-state index contributed by atoms with van der Waals surface area (Å²) in [6, 6.07) is 5.71. The van der Waals surface area contributed by atoms with E-state index in [9.17, 15) is 14.3 Å². The van der Waals surface area contributed by atoms with Crippen LogP contribution in [0.15, 0.2) is 48.1 Å². The molecule has 0 amide bonds. The summed E-state index contributed by atoms with van der Waals surface area (Å²) in [6.07, 6.45) is 9.02. The van der Waals surface area contributed by atoms with Crippen molar-refractivity contribution in [1.82, 2.24) is 0 Å². The van der Waals surface area contributed by atoms with Gasteiger partial charge in [-0.05, 0) is 67.4 Å². The fourth-order valence-electron chi connectivity index (χ4n) is 3.97. The quantitative estimate of drug-likeness (QED) is 0.596. The van der Waals surface area contributed by atoms with E-state index < -0.39 is 12.1 Å². The predicted octanol–water partition coefficient (Wildman–Crippen LogP) is 3.73. The molecule has 6 heteroatoms. The van der Waals surface area contributed by atoms with Gasteiger partial charge < -0.3 is 19.7 Å². The maximum Gasteiger partial charge on any atom is 0.303 e. The number of carbonyl (C=O) groups is 1. The summed E-state index contributed by atoms with van der Waals surface area (Å²) in [7, 11) is 0. The number of fused-ring (bicyclic) bond motifs is 1. The first-order chi connectivity index (χ1) is 13.5. The van der Waals surface area contributed by atoms with Crippen molar-refractivity contribution in [1.29, 1.82) is 0 Å². The molecule has 2 aliphatic carbocycles. The lowest BCUT2D eigenvalue weighted by atomic mass is 9.94. The van der Waals surface area contributed by atoms with Gasteiger partial charge in [-0.25, -0.2) is 4.39 Å². The number of aliphatic hydroxyl groups excluding tert-OH is 1. The topological polar surface area (TPSA) is 76.0 Å². The van der Waals surface area contributed by atoms with E-state index in [4.69, 9.17) is 14.6 Å². The number of carboxylic acid groups (broad SMARTS) is 1. The molecule has 2 N–H and O–H groups in total. The lowest BCUT2D eigenvalue weighted by molar-refractivity contribution is -0.137. The van der Waals surface area contributed by atoms with E-state index in [1.54, 1.807) is 6.08 Å². The second-order valence-corrected chi connectivity index (χ2v) is 7.46. The molecule has 1 fully saturated rings. The van der Waals surface area contributed by atoms with E-state index in [1.165, 1.54) is 29.8 Å². The maximum absolute atomic E-state index is 12.9. The number of benzene rings is 1. The number of allylic oxidation sites excluding steroid dienone is 3.